The molecule has 2 rings (SSSR count). The second-order valence-electron chi connectivity index (χ2n) is 5.80. The molecule has 0 saturated heterocycles. The Morgan fingerprint density at radius 2 is 1.58 bits per heavy atom. The van der Waals surface area contributed by atoms with E-state index >= 15 is 0 Å². The lowest BCUT2D eigenvalue weighted by Gasteiger charge is -2.31. The third kappa shape index (κ3) is 3.70. The zero-order valence-corrected chi connectivity index (χ0v) is 12.3. The fourth-order valence-corrected chi connectivity index (χ4v) is 4.24. The highest BCUT2D eigenvalue weighted by Gasteiger charge is 2.27. The van der Waals surface area contributed by atoms with Gasteiger partial charge < -0.3 is 5.73 Å². The summed E-state index contributed by atoms with van der Waals surface area (Å²) in [5.74, 6) is 1.14. The summed E-state index contributed by atoms with van der Waals surface area (Å²) in [5, 5.41) is 0. The van der Waals surface area contributed by atoms with E-state index in [2.05, 4.69) is 18.6 Å². The molecule has 1 aromatic carbocycles. The van der Waals surface area contributed by atoms with Crippen LogP contribution < -0.4 is 10.5 Å². The maximum atomic E-state index is 12.3. The number of nitrogens with two attached hydrogens (primary N) is 1. The number of rotatable bonds is 3. The van der Waals surface area contributed by atoms with E-state index < -0.39 is 10.0 Å². The fourth-order valence-electron chi connectivity index (χ4n) is 2.98. The molecule has 1 saturated carbocycles. The van der Waals surface area contributed by atoms with Crippen LogP contribution in [0.5, 0.6) is 0 Å². The van der Waals surface area contributed by atoms with Crippen LogP contribution in [0.1, 0.15) is 33.1 Å². The standard InChI is InChI=1S/C14H22N2O2S/c1-10-7-11(2)9-13(8-10)16-19(17,18)14-5-3-12(15)4-6-14/h3-6,10-11,13,16H,7-9,15H2,1-2H3. The van der Waals surface area contributed by atoms with Crippen molar-refractivity contribution in [1.82, 2.24) is 4.72 Å². The van der Waals surface area contributed by atoms with Crippen molar-refractivity contribution in [2.45, 2.75) is 44.0 Å². The van der Waals surface area contributed by atoms with Gasteiger partial charge in [0.05, 0.1) is 4.90 Å². The monoisotopic (exact) mass is 282 g/mol. The average Bonchev–Trinajstić information content (AvgIpc) is 2.27. The maximum Gasteiger partial charge on any atom is 0.240 e. The number of benzene rings is 1. The van der Waals surface area contributed by atoms with Gasteiger partial charge in [0.2, 0.25) is 10.0 Å². The van der Waals surface area contributed by atoms with Crippen LogP contribution >= 0.6 is 0 Å². The summed E-state index contributed by atoms with van der Waals surface area (Å²) in [5.41, 5.74) is 6.14. The first-order chi connectivity index (χ1) is 8.87. The van der Waals surface area contributed by atoms with Crippen molar-refractivity contribution >= 4 is 15.7 Å². The van der Waals surface area contributed by atoms with Crippen LogP contribution in [0.4, 0.5) is 5.69 Å². The van der Waals surface area contributed by atoms with Gasteiger partial charge in [-0.05, 0) is 55.4 Å². The molecule has 5 heteroatoms. The largest absolute Gasteiger partial charge is 0.399 e. The van der Waals surface area contributed by atoms with Crippen LogP contribution in [0, 0.1) is 11.8 Å². The van der Waals surface area contributed by atoms with Crippen molar-refractivity contribution < 1.29 is 8.42 Å². The molecule has 1 aliphatic rings. The molecular formula is C14H22N2O2S. The van der Waals surface area contributed by atoms with Gasteiger partial charge in [0.25, 0.3) is 0 Å². The second-order valence-corrected chi connectivity index (χ2v) is 7.52. The van der Waals surface area contributed by atoms with Crippen LogP contribution in [0.3, 0.4) is 0 Å². The van der Waals surface area contributed by atoms with Crippen LogP contribution in [-0.4, -0.2) is 14.5 Å². The quantitative estimate of drug-likeness (QED) is 0.836. The van der Waals surface area contributed by atoms with E-state index in [0.29, 0.717) is 17.5 Å². The van der Waals surface area contributed by atoms with Crippen LogP contribution in [0.25, 0.3) is 0 Å². The summed E-state index contributed by atoms with van der Waals surface area (Å²) >= 11 is 0. The smallest absolute Gasteiger partial charge is 0.240 e. The molecule has 0 bridgehead atoms. The first kappa shape index (κ1) is 14.3. The third-order valence-corrected chi connectivity index (χ3v) is 5.23. The molecule has 0 aliphatic heterocycles. The van der Waals surface area contributed by atoms with Gasteiger partial charge in [0, 0.05) is 11.7 Å². The Morgan fingerprint density at radius 3 is 2.11 bits per heavy atom. The molecule has 0 aromatic heterocycles. The minimum atomic E-state index is -3.43. The number of anilines is 1. The number of nitrogen functional groups attached to an aromatic ring is 1. The first-order valence-corrected chi connectivity index (χ1v) is 8.23. The van der Waals surface area contributed by atoms with E-state index in [9.17, 15) is 8.42 Å². The summed E-state index contributed by atoms with van der Waals surface area (Å²) in [7, 11) is -3.43. The lowest BCUT2D eigenvalue weighted by atomic mass is 9.81. The molecule has 2 atom stereocenters. The average molecular weight is 282 g/mol. The van der Waals surface area contributed by atoms with E-state index in [1.54, 1.807) is 24.3 Å². The minimum absolute atomic E-state index is 0.0429. The lowest BCUT2D eigenvalue weighted by molar-refractivity contribution is 0.257. The van der Waals surface area contributed by atoms with Crippen LogP contribution in [-0.2, 0) is 10.0 Å². The molecule has 3 N–H and O–H groups in total. The SMILES string of the molecule is CC1CC(C)CC(NS(=O)(=O)c2ccc(N)cc2)C1. The Kier molecular flexibility index (Phi) is 4.16. The van der Waals surface area contributed by atoms with E-state index in [4.69, 9.17) is 5.73 Å². The summed E-state index contributed by atoms with van der Waals surface area (Å²) in [4.78, 5) is 0.285. The molecule has 1 fully saturated rings. The molecule has 0 heterocycles. The van der Waals surface area contributed by atoms with Crippen molar-refractivity contribution in [1.29, 1.82) is 0 Å². The fraction of sp³-hybridized carbons (Fsp3) is 0.571. The van der Waals surface area contributed by atoms with Gasteiger partial charge in [-0.1, -0.05) is 13.8 Å². The molecule has 2 unspecified atom stereocenters. The highest BCUT2D eigenvalue weighted by atomic mass is 32.2. The van der Waals surface area contributed by atoms with Crippen molar-refractivity contribution in [2.75, 3.05) is 5.73 Å². The molecule has 1 aliphatic carbocycles. The molecule has 1 aromatic rings. The zero-order valence-electron chi connectivity index (χ0n) is 11.5. The highest BCUT2D eigenvalue weighted by molar-refractivity contribution is 7.89. The normalized spacial score (nSPS) is 28.2. The van der Waals surface area contributed by atoms with Gasteiger partial charge >= 0.3 is 0 Å². The van der Waals surface area contributed by atoms with Gasteiger partial charge in [-0.2, -0.15) is 0 Å². The molecule has 4 nitrogen and oxygen atoms in total. The topological polar surface area (TPSA) is 72.2 Å². The highest BCUT2D eigenvalue weighted by Crippen LogP contribution is 2.29. The van der Waals surface area contributed by atoms with E-state index in [-0.39, 0.29) is 10.9 Å². The minimum Gasteiger partial charge on any atom is -0.399 e. The molecule has 0 spiro atoms. The van der Waals surface area contributed by atoms with E-state index in [1.165, 1.54) is 6.42 Å². The Hall–Kier alpha value is -1.07. The predicted molar refractivity (Wildman–Crippen MR) is 77.1 cm³/mol. The molecular weight excluding hydrogens is 260 g/mol. The van der Waals surface area contributed by atoms with Gasteiger partial charge in [-0.3, -0.25) is 0 Å². The lowest BCUT2D eigenvalue weighted by Crippen LogP contribution is -2.39. The van der Waals surface area contributed by atoms with Gasteiger partial charge in [0.1, 0.15) is 0 Å². The Labute approximate surface area is 115 Å². The van der Waals surface area contributed by atoms with E-state index in [1.807, 2.05) is 0 Å². The van der Waals surface area contributed by atoms with Crippen LogP contribution in [0.15, 0.2) is 29.2 Å². The zero-order chi connectivity index (χ0) is 14.0. The van der Waals surface area contributed by atoms with E-state index in [0.717, 1.165) is 12.8 Å². The maximum absolute atomic E-state index is 12.3. The molecule has 0 amide bonds. The number of nitrogens with one attached hydrogen (secondary N) is 1. The van der Waals surface area contributed by atoms with Crippen molar-refractivity contribution in [2.24, 2.45) is 11.8 Å². The van der Waals surface area contributed by atoms with Crippen molar-refractivity contribution in [3.05, 3.63) is 24.3 Å². The molecule has 19 heavy (non-hydrogen) atoms. The Morgan fingerprint density at radius 1 is 1.05 bits per heavy atom. The number of sulfonamides is 1. The van der Waals surface area contributed by atoms with Crippen LogP contribution in [0.2, 0.25) is 0 Å². The Balaban J connectivity index is 2.10. The number of hydrogen-bond donors (Lipinski definition) is 2. The van der Waals surface area contributed by atoms with Gasteiger partial charge in [-0.15, -0.1) is 0 Å². The summed E-state index contributed by atoms with van der Waals surface area (Å²) in [6.45, 7) is 4.36. The van der Waals surface area contributed by atoms with Crippen molar-refractivity contribution in [3.8, 4) is 0 Å². The first-order valence-electron chi connectivity index (χ1n) is 6.74. The summed E-state index contributed by atoms with van der Waals surface area (Å²) in [6, 6.07) is 6.36. The third-order valence-electron chi connectivity index (χ3n) is 3.69. The summed E-state index contributed by atoms with van der Waals surface area (Å²) in [6.07, 6.45) is 3.01. The second kappa shape index (κ2) is 5.51. The van der Waals surface area contributed by atoms with Crippen molar-refractivity contribution in [3.63, 3.8) is 0 Å². The van der Waals surface area contributed by atoms with Gasteiger partial charge in [-0.25, -0.2) is 13.1 Å². The predicted octanol–water partition coefficient (Wildman–Crippen LogP) is 2.37. The summed E-state index contributed by atoms with van der Waals surface area (Å²) < 4.78 is 27.4. The number of hydrogen-bond acceptors (Lipinski definition) is 3. The Bertz CT molecular complexity index is 515. The van der Waals surface area contributed by atoms with Gasteiger partial charge in [0.15, 0.2) is 0 Å². The molecule has 0 radical (unpaired) electrons. The molecule has 106 valence electrons.